The molecule has 1 aromatic carbocycles. The first-order chi connectivity index (χ1) is 17.2. The van der Waals surface area contributed by atoms with Crippen LogP contribution in [0.25, 0.3) is 5.57 Å². The second-order valence-corrected chi connectivity index (χ2v) is 11.9. The summed E-state index contributed by atoms with van der Waals surface area (Å²) in [6, 6.07) is 6.85. The molecule has 194 valence electrons. The Hall–Kier alpha value is -2.28. The van der Waals surface area contributed by atoms with Crippen molar-refractivity contribution >= 4 is 11.4 Å². The number of aromatic amines is 1. The van der Waals surface area contributed by atoms with E-state index < -0.39 is 5.60 Å². The number of allylic oxidation sites excluding steroid dienone is 2. The van der Waals surface area contributed by atoms with Gasteiger partial charge in [0.25, 0.3) is 0 Å². The molecule has 2 fully saturated rings. The number of ketones is 1. The Morgan fingerprint density at radius 2 is 1.94 bits per heavy atom. The second kappa shape index (κ2) is 10.2. The van der Waals surface area contributed by atoms with E-state index in [1.54, 1.807) is 6.20 Å². The Bertz CT molecular complexity index is 1120. The predicted molar refractivity (Wildman–Crippen MR) is 142 cm³/mol. The number of hydrogen-bond acceptors (Lipinski definition) is 5. The topological polar surface area (TPSA) is 78.4 Å². The molecular weight excluding hydrogens is 450 g/mol. The van der Waals surface area contributed by atoms with E-state index in [1.165, 1.54) is 5.57 Å². The summed E-state index contributed by atoms with van der Waals surface area (Å²) in [5, 5.41) is 11.8. The first kappa shape index (κ1) is 25.4. The quantitative estimate of drug-likeness (QED) is 0.543. The van der Waals surface area contributed by atoms with E-state index in [0.717, 1.165) is 93.6 Å². The number of aliphatic hydroxyl groups is 1. The molecule has 5 rings (SSSR count). The number of H-pyrrole nitrogens is 1. The number of carbonyl (C=O) groups is 1. The lowest BCUT2D eigenvalue weighted by Crippen LogP contribution is -2.47. The van der Waals surface area contributed by atoms with E-state index in [0.29, 0.717) is 23.7 Å². The van der Waals surface area contributed by atoms with Crippen LogP contribution in [0.3, 0.4) is 0 Å². The van der Waals surface area contributed by atoms with Crippen LogP contribution in [0.15, 0.2) is 30.5 Å². The van der Waals surface area contributed by atoms with Crippen molar-refractivity contribution < 1.29 is 14.6 Å². The van der Waals surface area contributed by atoms with Gasteiger partial charge in [0, 0.05) is 37.4 Å². The summed E-state index contributed by atoms with van der Waals surface area (Å²) in [6.07, 6.45) is 11.0. The molecule has 0 bridgehead atoms. The van der Waals surface area contributed by atoms with Gasteiger partial charge in [0.15, 0.2) is 5.82 Å². The zero-order valence-corrected chi connectivity index (χ0v) is 22.1. The van der Waals surface area contributed by atoms with Crippen LogP contribution in [-0.2, 0) is 16.8 Å². The number of morpholine rings is 1. The summed E-state index contributed by atoms with van der Waals surface area (Å²) in [6.45, 7) is 10.2. The summed E-state index contributed by atoms with van der Waals surface area (Å²) in [5.41, 5.74) is 4.83. The fraction of sp³-hybridized carbons (Fsp3) is 0.600. The molecule has 0 radical (unpaired) electrons. The summed E-state index contributed by atoms with van der Waals surface area (Å²) in [4.78, 5) is 22.9. The molecular formula is C30H41N3O3. The smallest absolute Gasteiger partial charge is 0.202 e. The number of hydrogen-bond donors (Lipinski definition) is 2. The maximum Gasteiger partial charge on any atom is 0.202 e. The van der Waals surface area contributed by atoms with E-state index in [-0.39, 0.29) is 5.78 Å². The molecule has 2 aliphatic carbocycles. The van der Waals surface area contributed by atoms with Gasteiger partial charge in [-0.25, -0.2) is 4.98 Å². The van der Waals surface area contributed by atoms with Crippen molar-refractivity contribution in [1.82, 2.24) is 14.9 Å². The van der Waals surface area contributed by atoms with E-state index >= 15 is 0 Å². The number of rotatable bonds is 6. The Labute approximate surface area is 215 Å². The Kier molecular flexibility index (Phi) is 7.21. The number of Topliss-reactive ketones (excluding diaryl/α,β-unsaturated/α-hetero) is 1. The lowest BCUT2D eigenvalue weighted by Gasteiger charge is -2.42. The van der Waals surface area contributed by atoms with E-state index in [4.69, 9.17) is 4.74 Å². The third kappa shape index (κ3) is 5.51. The maximum absolute atomic E-state index is 13.0. The molecule has 0 unspecified atom stereocenters. The molecule has 2 N–H and O–H groups in total. The molecule has 0 amide bonds. The minimum Gasteiger partial charge on any atom is -0.385 e. The summed E-state index contributed by atoms with van der Waals surface area (Å²) >= 11 is 0. The Morgan fingerprint density at radius 1 is 1.19 bits per heavy atom. The molecule has 36 heavy (non-hydrogen) atoms. The van der Waals surface area contributed by atoms with Gasteiger partial charge < -0.3 is 14.8 Å². The molecule has 1 aromatic heterocycles. The standard InChI is InChI=1S/C30H41N3O3/c1-21-20-31-28(32-21)27(34)18-23-4-5-24(19-26(23)22-6-10-29(2,3)11-7-22)30(35)12-8-25(9-13-30)33-14-16-36-17-15-33/h4-6,19-20,25,35H,7-18H2,1-3H3,(H,31,32). The van der Waals surface area contributed by atoms with Crippen LogP contribution in [0.5, 0.6) is 0 Å². The molecule has 2 heterocycles. The van der Waals surface area contributed by atoms with Gasteiger partial charge in [-0.1, -0.05) is 32.1 Å². The first-order valence-corrected chi connectivity index (χ1v) is 13.6. The normalized spacial score (nSPS) is 27.0. The maximum atomic E-state index is 13.0. The van der Waals surface area contributed by atoms with Crippen molar-refractivity contribution in [3.8, 4) is 0 Å². The van der Waals surface area contributed by atoms with Gasteiger partial charge >= 0.3 is 0 Å². The molecule has 1 aliphatic heterocycles. The lowest BCUT2D eigenvalue weighted by molar-refractivity contribution is -0.0447. The number of ether oxygens (including phenoxy) is 1. The van der Waals surface area contributed by atoms with Gasteiger partial charge in [-0.05, 0) is 85.6 Å². The number of aryl methyl sites for hydroxylation is 1. The zero-order valence-electron chi connectivity index (χ0n) is 22.1. The monoisotopic (exact) mass is 491 g/mol. The summed E-state index contributed by atoms with van der Waals surface area (Å²) in [5.74, 6) is 0.417. The van der Waals surface area contributed by atoms with Gasteiger partial charge in [-0.2, -0.15) is 0 Å². The molecule has 1 saturated heterocycles. The van der Waals surface area contributed by atoms with E-state index in [2.05, 4.69) is 53.0 Å². The number of nitrogens with one attached hydrogen (secondary N) is 1. The SMILES string of the molecule is Cc1cnc(C(=O)Cc2ccc(C3(O)CCC(N4CCOCC4)CC3)cc2C2=CCC(C)(C)CC2)[nH]1. The lowest BCUT2D eigenvalue weighted by atomic mass is 9.74. The highest BCUT2D eigenvalue weighted by atomic mass is 16.5. The highest BCUT2D eigenvalue weighted by molar-refractivity contribution is 5.95. The van der Waals surface area contributed by atoms with Crippen LogP contribution >= 0.6 is 0 Å². The third-order valence-electron chi connectivity index (χ3n) is 8.63. The van der Waals surface area contributed by atoms with Gasteiger partial charge in [-0.3, -0.25) is 9.69 Å². The number of benzene rings is 1. The molecule has 0 atom stereocenters. The minimum absolute atomic E-state index is 0.00132. The molecule has 2 aromatic rings. The van der Waals surface area contributed by atoms with Crippen molar-refractivity contribution in [2.24, 2.45) is 5.41 Å². The Balaban J connectivity index is 1.40. The molecule has 3 aliphatic rings. The van der Waals surface area contributed by atoms with Gasteiger partial charge in [0.05, 0.1) is 18.8 Å². The van der Waals surface area contributed by atoms with Crippen LogP contribution in [0.4, 0.5) is 0 Å². The van der Waals surface area contributed by atoms with Crippen LogP contribution in [0.1, 0.15) is 91.8 Å². The van der Waals surface area contributed by atoms with Crippen LogP contribution < -0.4 is 0 Å². The van der Waals surface area contributed by atoms with Crippen LogP contribution in [-0.4, -0.2) is 58.1 Å². The zero-order chi connectivity index (χ0) is 25.3. The van der Waals surface area contributed by atoms with Crippen molar-refractivity contribution in [3.63, 3.8) is 0 Å². The van der Waals surface area contributed by atoms with Crippen molar-refractivity contribution in [1.29, 1.82) is 0 Å². The van der Waals surface area contributed by atoms with Gasteiger partial charge in [0.2, 0.25) is 5.78 Å². The average Bonchev–Trinajstić information content (AvgIpc) is 3.32. The molecule has 6 heteroatoms. The average molecular weight is 492 g/mol. The summed E-state index contributed by atoms with van der Waals surface area (Å²) in [7, 11) is 0. The van der Waals surface area contributed by atoms with Crippen molar-refractivity contribution in [2.45, 2.75) is 83.8 Å². The number of imidazole rings is 1. The number of aromatic nitrogens is 2. The van der Waals surface area contributed by atoms with E-state index in [9.17, 15) is 9.90 Å². The minimum atomic E-state index is -0.813. The third-order valence-corrected chi connectivity index (χ3v) is 8.63. The van der Waals surface area contributed by atoms with Gasteiger partial charge in [-0.15, -0.1) is 0 Å². The first-order valence-electron chi connectivity index (χ1n) is 13.6. The highest BCUT2D eigenvalue weighted by Gasteiger charge is 2.37. The fourth-order valence-corrected chi connectivity index (χ4v) is 6.13. The van der Waals surface area contributed by atoms with Crippen molar-refractivity contribution in [3.05, 3.63) is 58.7 Å². The summed E-state index contributed by atoms with van der Waals surface area (Å²) < 4.78 is 5.53. The number of carbonyl (C=O) groups excluding carboxylic acids is 1. The van der Waals surface area contributed by atoms with E-state index in [1.807, 2.05) is 6.92 Å². The fourth-order valence-electron chi connectivity index (χ4n) is 6.13. The Morgan fingerprint density at radius 3 is 2.58 bits per heavy atom. The molecule has 6 nitrogen and oxygen atoms in total. The molecule has 0 spiro atoms. The number of nitrogens with zero attached hydrogens (tertiary/aromatic N) is 2. The largest absolute Gasteiger partial charge is 0.385 e. The second-order valence-electron chi connectivity index (χ2n) is 11.9. The molecule has 1 saturated carbocycles. The van der Waals surface area contributed by atoms with Gasteiger partial charge in [0.1, 0.15) is 0 Å². The van der Waals surface area contributed by atoms with Crippen LogP contribution in [0, 0.1) is 12.3 Å². The predicted octanol–water partition coefficient (Wildman–Crippen LogP) is 5.20. The van der Waals surface area contributed by atoms with Crippen LogP contribution in [0.2, 0.25) is 0 Å². The highest BCUT2D eigenvalue weighted by Crippen LogP contribution is 2.43. The van der Waals surface area contributed by atoms with Crippen molar-refractivity contribution in [2.75, 3.05) is 26.3 Å².